The molecular formula is C56H63ClN12O6. The molecule has 10 rings (SSSR count). The highest BCUT2D eigenvalue weighted by Crippen LogP contribution is 2.40. The second-order valence-corrected chi connectivity index (χ2v) is 20.8. The number of phenolic OH excluding ortho intramolecular Hbond substituents is 2. The van der Waals surface area contributed by atoms with Gasteiger partial charge in [0, 0.05) is 81.0 Å². The van der Waals surface area contributed by atoms with Gasteiger partial charge in [-0.2, -0.15) is 15.2 Å². The van der Waals surface area contributed by atoms with E-state index in [0.29, 0.717) is 87.2 Å². The van der Waals surface area contributed by atoms with Gasteiger partial charge in [-0.25, -0.2) is 4.57 Å². The Morgan fingerprint density at radius 3 is 2.41 bits per heavy atom. The molecule has 75 heavy (non-hydrogen) atoms. The number of piperidine rings is 1. The number of likely N-dealkylation sites (tertiary alicyclic amines) is 1. The number of aromatic nitrogens is 5. The first kappa shape index (κ1) is 51.0. The van der Waals surface area contributed by atoms with Gasteiger partial charge in [0.2, 0.25) is 11.8 Å². The minimum Gasteiger partial charge on any atom is -0.508 e. The molecule has 6 aromatic rings. The predicted octanol–water partition coefficient (Wildman–Crippen LogP) is 6.88. The van der Waals surface area contributed by atoms with Gasteiger partial charge in [-0.3, -0.25) is 19.4 Å². The number of carbonyl (C=O) groups is 2. The maximum Gasteiger partial charge on any atom is 0.319 e. The topological polar surface area (TPSA) is 204 Å². The van der Waals surface area contributed by atoms with E-state index in [2.05, 4.69) is 67.7 Å². The van der Waals surface area contributed by atoms with Crippen molar-refractivity contribution in [3.05, 3.63) is 113 Å². The van der Waals surface area contributed by atoms with Crippen molar-refractivity contribution in [3.8, 4) is 46.7 Å². The molecule has 3 N–H and O–H groups in total. The number of nitrogens with zero attached hydrogens (tertiary/aromatic N) is 12. The zero-order chi connectivity index (χ0) is 52.5. The van der Waals surface area contributed by atoms with Gasteiger partial charge in [0.1, 0.15) is 23.9 Å². The summed E-state index contributed by atoms with van der Waals surface area (Å²) < 4.78 is 8.05. The minimum absolute atomic E-state index is 0.0121. The van der Waals surface area contributed by atoms with E-state index in [1.165, 1.54) is 16.7 Å². The molecule has 4 aliphatic rings. The monoisotopic (exact) mass is 1030 g/mol. The van der Waals surface area contributed by atoms with Crippen LogP contribution >= 0.6 is 11.6 Å². The van der Waals surface area contributed by atoms with Crippen molar-refractivity contribution in [1.29, 1.82) is 5.26 Å². The number of anilines is 2. The van der Waals surface area contributed by atoms with Crippen LogP contribution < -0.4 is 14.5 Å². The SMILES string of the molecule is C=CC(=O)N1CCN(c2nc(OCC3CN(C(=O)C4CCN(Cc5ccc(-n6c(O)nnc6-c6cc(C(C)C)c(O)cc6O)cc5)CC4)CCN3C)nc3c2CCN(c2cccc4cccc(Cl)c24)C3)CC1CC#N. The zero-order valence-corrected chi connectivity index (χ0v) is 43.4. The molecular weight excluding hydrogens is 972 g/mol. The molecule has 0 radical (unpaired) electrons. The standard InChI is InChI=1S/C56H63ClN12O6/c1-5-50(72)68-27-26-66(31-40(68)16-20-58)52-42-19-23-65(47-11-7-9-37-8-6-10-45(57)51(37)47)33-46(42)59-55(60-52)75-34-41-32-67(25-24-63(41)4)54(73)38-17-21-64(22-18-38)30-36-12-14-39(15-13-36)69-53(61-62-56(69)74)44-28-43(35(2)3)48(70)29-49(44)71/h5-15,28-29,35,38,40-41,70-71H,1,16-19,21-27,30-34H2,2-4H3,(H,62,74). The lowest BCUT2D eigenvalue weighted by atomic mass is 9.94. The van der Waals surface area contributed by atoms with E-state index in [0.717, 1.165) is 65.0 Å². The lowest BCUT2D eigenvalue weighted by Crippen LogP contribution is -2.57. The van der Waals surface area contributed by atoms with Crippen LogP contribution in [0.25, 0.3) is 27.8 Å². The number of ether oxygens (including phenoxy) is 1. The quantitative estimate of drug-likeness (QED) is 0.101. The number of nitriles is 1. The van der Waals surface area contributed by atoms with Crippen molar-refractivity contribution in [3.63, 3.8) is 0 Å². The number of fused-ring (bicyclic) bond motifs is 2. The number of phenols is 2. The first-order valence-corrected chi connectivity index (χ1v) is 26.2. The van der Waals surface area contributed by atoms with Crippen molar-refractivity contribution < 1.29 is 29.6 Å². The van der Waals surface area contributed by atoms with E-state index in [-0.39, 0.29) is 78.1 Å². The van der Waals surface area contributed by atoms with Crippen molar-refractivity contribution in [2.45, 2.75) is 70.6 Å². The Labute approximate surface area is 441 Å². The second kappa shape index (κ2) is 21.8. The fraction of sp³-hybridized carbons (Fsp3) is 0.411. The van der Waals surface area contributed by atoms with E-state index < -0.39 is 0 Å². The van der Waals surface area contributed by atoms with E-state index >= 15 is 0 Å². The van der Waals surface area contributed by atoms with Gasteiger partial charge in [0.15, 0.2) is 5.82 Å². The summed E-state index contributed by atoms with van der Waals surface area (Å²) in [5.74, 6) is 0.695. The number of amides is 2. The molecule has 2 amide bonds. The molecule has 3 fully saturated rings. The number of likely N-dealkylation sites (N-methyl/N-ethyl adjacent to an activating group) is 1. The summed E-state index contributed by atoms with van der Waals surface area (Å²) in [7, 11) is 2.06. The van der Waals surface area contributed by atoms with Crippen molar-refractivity contribution in [1.82, 2.24) is 44.3 Å². The number of rotatable bonds is 13. The average molecular weight is 1040 g/mol. The Balaban J connectivity index is 0.792. The Hall–Kier alpha value is -7.46. The lowest BCUT2D eigenvalue weighted by Gasteiger charge is -2.42. The number of aromatic hydroxyl groups is 3. The normalized spacial score (nSPS) is 18.8. The second-order valence-electron chi connectivity index (χ2n) is 20.4. The van der Waals surface area contributed by atoms with Gasteiger partial charge in [-0.15, -0.1) is 5.10 Å². The highest BCUT2D eigenvalue weighted by Gasteiger charge is 2.36. The summed E-state index contributed by atoms with van der Waals surface area (Å²) in [4.78, 5) is 50.0. The number of hydrogen-bond donors (Lipinski definition) is 3. The zero-order valence-electron chi connectivity index (χ0n) is 42.6. The molecule has 18 nitrogen and oxygen atoms in total. The highest BCUT2D eigenvalue weighted by molar-refractivity contribution is 6.36. The van der Waals surface area contributed by atoms with Gasteiger partial charge in [0.05, 0.1) is 53.1 Å². The molecule has 19 heteroatoms. The van der Waals surface area contributed by atoms with Gasteiger partial charge in [-0.05, 0) is 98.2 Å². The molecule has 0 spiro atoms. The molecule has 0 saturated carbocycles. The summed E-state index contributed by atoms with van der Waals surface area (Å²) in [5, 5.41) is 52.5. The molecule has 0 aliphatic carbocycles. The van der Waals surface area contributed by atoms with Crippen LogP contribution in [-0.2, 0) is 29.1 Å². The van der Waals surface area contributed by atoms with Gasteiger partial charge in [0.25, 0.3) is 0 Å². The molecule has 2 atom stereocenters. The first-order valence-electron chi connectivity index (χ1n) is 25.8. The molecule has 4 aromatic carbocycles. The molecule has 2 unspecified atom stereocenters. The maximum atomic E-state index is 14.2. The minimum atomic E-state index is -0.333. The van der Waals surface area contributed by atoms with E-state index in [1.807, 2.05) is 61.2 Å². The summed E-state index contributed by atoms with van der Waals surface area (Å²) in [6.45, 7) is 14.5. The van der Waals surface area contributed by atoms with E-state index in [9.17, 15) is 30.2 Å². The third-order valence-corrected chi connectivity index (χ3v) is 15.8. The van der Waals surface area contributed by atoms with E-state index in [1.54, 1.807) is 11.0 Å². The summed E-state index contributed by atoms with van der Waals surface area (Å²) in [5.41, 5.74) is 5.57. The van der Waals surface area contributed by atoms with Crippen LogP contribution in [-0.4, -0.2) is 156 Å². The van der Waals surface area contributed by atoms with Crippen LogP contribution in [0.3, 0.4) is 0 Å². The number of carbonyl (C=O) groups excluding carboxylic acids is 2. The molecule has 390 valence electrons. The third-order valence-electron chi connectivity index (χ3n) is 15.4. The Morgan fingerprint density at radius 2 is 1.67 bits per heavy atom. The summed E-state index contributed by atoms with van der Waals surface area (Å²) in [6.07, 6.45) is 3.65. The van der Waals surface area contributed by atoms with Gasteiger partial charge >= 0.3 is 12.0 Å². The summed E-state index contributed by atoms with van der Waals surface area (Å²) >= 11 is 6.82. The van der Waals surface area contributed by atoms with Gasteiger partial charge < -0.3 is 39.7 Å². The van der Waals surface area contributed by atoms with Crippen LogP contribution in [0.1, 0.15) is 61.4 Å². The molecule has 0 bridgehead atoms. The van der Waals surface area contributed by atoms with Crippen LogP contribution in [0.4, 0.5) is 11.5 Å². The molecule has 2 aromatic heterocycles. The number of benzene rings is 4. The lowest BCUT2D eigenvalue weighted by molar-refractivity contribution is -0.140. The van der Waals surface area contributed by atoms with Gasteiger partial charge in [-0.1, -0.05) is 73.5 Å². The van der Waals surface area contributed by atoms with E-state index in [4.69, 9.17) is 26.3 Å². The van der Waals surface area contributed by atoms with Crippen molar-refractivity contribution in [2.24, 2.45) is 5.92 Å². The fourth-order valence-electron chi connectivity index (χ4n) is 11.2. The highest BCUT2D eigenvalue weighted by atomic mass is 35.5. The smallest absolute Gasteiger partial charge is 0.319 e. The fourth-order valence-corrected chi connectivity index (χ4v) is 11.5. The molecule has 3 saturated heterocycles. The first-order chi connectivity index (χ1) is 36.3. The summed E-state index contributed by atoms with van der Waals surface area (Å²) in [6, 6.07) is 24.6. The Morgan fingerprint density at radius 1 is 0.893 bits per heavy atom. The number of halogens is 1. The molecule has 4 aliphatic heterocycles. The van der Waals surface area contributed by atoms with Crippen molar-refractivity contribution >= 4 is 45.7 Å². The van der Waals surface area contributed by atoms with Crippen LogP contribution in [0, 0.1) is 17.2 Å². The Bertz CT molecular complexity index is 3150. The Kier molecular flexibility index (Phi) is 14.8. The van der Waals surface area contributed by atoms with Crippen LogP contribution in [0.5, 0.6) is 23.5 Å². The van der Waals surface area contributed by atoms with Crippen LogP contribution in [0.15, 0.2) is 85.5 Å². The maximum absolute atomic E-state index is 14.2. The largest absolute Gasteiger partial charge is 0.508 e. The van der Waals surface area contributed by atoms with Crippen molar-refractivity contribution in [2.75, 3.05) is 82.4 Å². The van der Waals surface area contributed by atoms with Crippen LogP contribution in [0.2, 0.25) is 5.02 Å². The molecule has 6 heterocycles. The predicted molar refractivity (Wildman–Crippen MR) is 286 cm³/mol. The third kappa shape index (κ3) is 10.5. The average Bonchev–Trinajstić information content (AvgIpc) is 3.80. The number of piperazine rings is 2. The number of hydrogen-bond acceptors (Lipinski definition) is 15.